The van der Waals surface area contributed by atoms with Crippen molar-refractivity contribution in [3.63, 3.8) is 0 Å². The molecule has 0 aliphatic carbocycles. The Kier molecular flexibility index (Phi) is 6.23. The number of nitrogens with zero attached hydrogens (tertiary/aromatic N) is 5. The van der Waals surface area contributed by atoms with Gasteiger partial charge in [-0.1, -0.05) is 59.4 Å². The minimum absolute atomic E-state index is 0.0312. The van der Waals surface area contributed by atoms with E-state index >= 15 is 0 Å². The van der Waals surface area contributed by atoms with E-state index in [9.17, 15) is 4.79 Å². The first kappa shape index (κ1) is 22.8. The number of thioether (sulfide) groups is 1. The molecule has 9 heteroatoms. The summed E-state index contributed by atoms with van der Waals surface area (Å²) in [5.74, 6) is 0.825. The van der Waals surface area contributed by atoms with Gasteiger partial charge in [-0.15, -0.1) is 10.2 Å². The van der Waals surface area contributed by atoms with Gasteiger partial charge in [-0.3, -0.25) is 19.2 Å². The van der Waals surface area contributed by atoms with Gasteiger partial charge in [0, 0.05) is 38.5 Å². The lowest BCUT2D eigenvalue weighted by molar-refractivity contribution is -0.115. The summed E-state index contributed by atoms with van der Waals surface area (Å²) in [4.78, 5) is 21.7. The zero-order valence-corrected chi connectivity index (χ0v) is 21.2. The molecule has 0 atom stereocenters. The average Bonchev–Trinajstić information content (AvgIpc) is 3.35. The SMILES string of the molecule is O=C(CSc1nnc(-c2ccncc2)n1-c1ccc(Cl)cc1)N1c2ccccc2Sc2ccccc21. The molecule has 176 valence electrons. The third-order valence-electron chi connectivity index (χ3n) is 5.66. The van der Waals surface area contributed by atoms with Crippen LogP contribution in [0, 0.1) is 0 Å². The van der Waals surface area contributed by atoms with Crippen molar-refractivity contribution in [2.24, 2.45) is 0 Å². The fourth-order valence-corrected chi connectivity index (χ4v) is 6.02. The van der Waals surface area contributed by atoms with E-state index in [1.165, 1.54) is 11.8 Å². The number of fused-ring (bicyclic) bond motifs is 2. The largest absolute Gasteiger partial charge is 0.278 e. The Morgan fingerprint density at radius 1 is 0.833 bits per heavy atom. The molecule has 6 nitrogen and oxygen atoms in total. The Labute approximate surface area is 221 Å². The quantitative estimate of drug-likeness (QED) is 0.231. The summed E-state index contributed by atoms with van der Waals surface area (Å²) in [5.41, 5.74) is 3.52. The number of rotatable bonds is 5. The fraction of sp³-hybridized carbons (Fsp3) is 0.0370. The molecule has 0 fully saturated rings. The van der Waals surface area contributed by atoms with Gasteiger partial charge >= 0.3 is 0 Å². The van der Waals surface area contributed by atoms with E-state index in [0.717, 1.165) is 32.4 Å². The summed E-state index contributed by atoms with van der Waals surface area (Å²) in [5, 5.41) is 10.2. The van der Waals surface area contributed by atoms with Crippen LogP contribution in [0.4, 0.5) is 11.4 Å². The number of para-hydroxylation sites is 2. The third-order valence-corrected chi connectivity index (χ3v) is 7.96. The van der Waals surface area contributed by atoms with Gasteiger partial charge in [0.25, 0.3) is 0 Å². The average molecular weight is 528 g/mol. The Hall–Kier alpha value is -3.59. The van der Waals surface area contributed by atoms with Crippen molar-refractivity contribution in [2.75, 3.05) is 10.7 Å². The second kappa shape index (κ2) is 9.81. The number of amides is 1. The standard InChI is InChI=1S/C27H18ClN5OS2/c28-19-9-11-20(12-10-19)32-26(18-13-15-29-16-14-18)30-31-27(32)35-17-25(34)33-21-5-1-3-7-23(21)36-24-8-4-2-6-22(24)33/h1-16H,17H2. The summed E-state index contributed by atoms with van der Waals surface area (Å²) >= 11 is 9.17. The summed E-state index contributed by atoms with van der Waals surface area (Å²) in [6, 6.07) is 27.2. The summed E-state index contributed by atoms with van der Waals surface area (Å²) in [7, 11) is 0. The molecule has 3 heterocycles. The number of anilines is 2. The van der Waals surface area contributed by atoms with E-state index in [1.807, 2.05) is 89.5 Å². The number of benzene rings is 3. The van der Waals surface area contributed by atoms with Gasteiger partial charge in [0.05, 0.1) is 17.1 Å². The van der Waals surface area contributed by atoms with Gasteiger partial charge in [0.2, 0.25) is 5.91 Å². The maximum atomic E-state index is 13.7. The van der Waals surface area contributed by atoms with Crippen LogP contribution in [0.3, 0.4) is 0 Å². The van der Waals surface area contributed by atoms with Gasteiger partial charge in [0.1, 0.15) is 0 Å². The van der Waals surface area contributed by atoms with E-state index in [2.05, 4.69) is 15.2 Å². The second-order valence-electron chi connectivity index (χ2n) is 7.91. The molecule has 3 aromatic carbocycles. The highest BCUT2D eigenvalue weighted by Crippen LogP contribution is 2.48. The van der Waals surface area contributed by atoms with Gasteiger partial charge in [0.15, 0.2) is 11.0 Å². The number of hydrogen-bond donors (Lipinski definition) is 0. The second-order valence-corrected chi connectivity index (χ2v) is 10.4. The van der Waals surface area contributed by atoms with E-state index in [1.54, 1.807) is 29.1 Å². The number of carbonyl (C=O) groups excluding carboxylic acids is 1. The highest BCUT2D eigenvalue weighted by atomic mass is 35.5. The molecule has 0 bridgehead atoms. The van der Waals surface area contributed by atoms with Crippen LogP contribution < -0.4 is 4.90 Å². The van der Waals surface area contributed by atoms with Gasteiger partial charge in [-0.25, -0.2) is 0 Å². The summed E-state index contributed by atoms with van der Waals surface area (Å²) < 4.78 is 1.94. The zero-order valence-electron chi connectivity index (χ0n) is 18.8. The van der Waals surface area contributed by atoms with Crippen molar-refractivity contribution >= 4 is 52.4 Å². The smallest absolute Gasteiger partial charge is 0.242 e. The lowest BCUT2D eigenvalue weighted by Gasteiger charge is -2.30. The molecule has 0 spiro atoms. The fourth-order valence-electron chi connectivity index (χ4n) is 4.04. The number of carbonyl (C=O) groups is 1. The molecule has 1 amide bonds. The molecule has 1 aliphatic rings. The normalized spacial score (nSPS) is 12.2. The van der Waals surface area contributed by atoms with Crippen LogP contribution in [0.2, 0.25) is 5.02 Å². The molecule has 1 aliphatic heterocycles. The van der Waals surface area contributed by atoms with Gasteiger partial charge in [-0.2, -0.15) is 0 Å². The predicted molar refractivity (Wildman–Crippen MR) is 144 cm³/mol. The predicted octanol–water partition coefficient (Wildman–Crippen LogP) is 6.90. The van der Waals surface area contributed by atoms with E-state index in [0.29, 0.717) is 16.0 Å². The van der Waals surface area contributed by atoms with Crippen LogP contribution >= 0.6 is 35.1 Å². The van der Waals surface area contributed by atoms with Gasteiger partial charge < -0.3 is 0 Å². The first-order valence-corrected chi connectivity index (χ1v) is 13.3. The molecule has 2 aromatic heterocycles. The van der Waals surface area contributed by atoms with Crippen molar-refractivity contribution in [3.05, 3.63) is 102 Å². The summed E-state index contributed by atoms with van der Waals surface area (Å²) in [6.07, 6.45) is 3.44. The Balaban J connectivity index is 1.34. The molecule has 0 saturated carbocycles. The van der Waals surface area contributed by atoms with Crippen molar-refractivity contribution in [1.82, 2.24) is 19.7 Å². The van der Waals surface area contributed by atoms with Crippen LogP contribution in [0.15, 0.2) is 112 Å². The molecule has 36 heavy (non-hydrogen) atoms. The monoisotopic (exact) mass is 527 g/mol. The molecular weight excluding hydrogens is 510 g/mol. The van der Waals surface area contributed by atoms with Crippen LogP contribution in [0.1, 0.15) is 0 Å². The first-order valence-electron chi connectivity index (χ1n) is 11.1. The van der Waals surface area contributed by atoms with E-state index < -0.39 is 0 Å². The Bertz CT molecular complexity index is 1510. The lowest BCUT2D eigenvalue weighted by atomic mass is 10.2. The van der Waals surface area contributed by atoms with Crippen molar-refractivity contribution in [1.29, 1.82) is 0 Å². The minimum atomic E-state index is -0.0312. The molecular formula is C27H18ClN5OS2. The molecule has 5 aromatic rings. The maximum absolute atomic E-state index is 13.7. The molecule has 0 radical (unpaired) electrons. The first-order chi connectivity index (χ1) is 17.7. The molecule has 0 unspecified atom stereocenters. The minimum Gasteiger partial charge on any atom is -0.278 e. The third kappa shape index (κ3) is 4.28. The van der Waals surface area contributed by atoms with Crippen LogP contribution in [-0.4, -0.2) is 31.4 Å². The highest BCUT2D eigenvalue weighted by molar-refractivity contribution is 8.00. The van der Waals surface area contributed by atoms with Crippen LogP contribution in [0.25, 0.3) is 17.1 Å². The van der Waals surface area contributed by atoms with Crippen molar-refractivity contribution < 1.29 is 4.79 Å². The number of halogens is 1. The lowest BCUT2D eigenvalue weighted by Crippen LogP contribution is -2.30. The van der Waals surface area contributed by atoms with Crippen molar-refractivity contribution in [3.8, 4) is 17.1 Å². The Morgan fingerprint density at radius 2 is 1.47 bits per heavy atom. The Morgan fingerprint density at radius 3 is 2.14 bits per heavy atom. The van der Waals surface area contributed by atoms with Gasteiger partial charge in [-0.05, 0) is 60.7 Å². The van der Waals surface area contributed by atoms with E-state index in [4.69, 9.17) is 11.6 Å². The topological polar surface area (TPSA) is 63.9 Å². The van der Waals surface area contributed by atoms with E-state index in [-0.39, 0.29) is 11.7 Å². The van der Waals surface area contributed by atoms with Crippen LogP contribution in [-0.2, 0) is 4.79 Å². The summed E-state index contributed by atoms with van der Waals surface area (Å²) in [6.45, 7) is 0. The van der Waals surface area contributed by atoms with Crippen molar-refractivity contribution in [2.45, 2.75) is 14.9 Å². The number of pyridine rings is 1. The number of aromatic nitrogens is 4. The molecule has 0 saturated heterocycles. The molecule has 6 rings (SSSR count). The maximum Gasteiger partial charge on any atom is 0.242 e. The highest BCUT2D eigenvalue weighted by Gasteiger charge is 2.28. The molecule has 0 N–H and O–H groups in total. The zero-order chi connectivity index (χ0) is 24.5. The van der Waals surface area contributed by atoms with Crippen LogP contribution in [0.5, 0.6) is 0 Å². The number of hydrogen-bond acceptors (Lipinski definition) is 6.